The van der Waals surface area contributed by atoms with Gasteiger partial charge in [0.1, 0.15) is 0 Å². The zero-order valence-electron chi connectivity index (χ0n) is 12.7. The van der Waals surface area contributed by atoms with Crippen LogP contribution in [0, 0.1) is 0 Å². The zero-order chi connectivity index (χ0) is 15.5. The van der Waals surface area contributed by atoms with Crippen molar-refractivity contribution >= 4 is 22.1 Å². The number of anilines is 2. The van der Waals surface area contributed by atoms with E-state index >= 15 is 0 Å². The number of rotatable bonds is 3. The van der Waals surface area contributed by atoms with Crippen molar-refractivity contribution in [3.8, 4) is 11.1 Å². The Bertz CT molecular complexity index is 937. The second kappa shape index (κ2) is 5.98. The highest BCUT2D eigenvalue weighted by molar-refractivity contribution is 5.99. The third kappa shape index (κ3) is 2.69. The van der Waals surface area contributed by atoms with E-state index in [2.05, 4.69) is 84.2 Å². The molecule has 0 amide bonds. The Morgan fingerprint density at radius 3 is 2.04 bits per heavy atom. The molecule has 0 aliphatic heterocycles. The first-order chi connectivity index (χ1) is 11.4. The SMILES string of the molecule is c1ccc(Nc2ccccc2-c2cccc3ccccc23)cc1. The molecular formula is C22H17N. The Hall–Kier alpha value is -3.06. The summed E-state index contributed by atoms with van der Waals surface area (Å²) in [5, 5.41) is 6.07. The molecule has 4 aromatic rings. The number of benzene rings is 4. The Morgan fingerprint density at radius 1 is 0.478 bits per heavy atom. The molecule has 0 spiro atoms. The molecule has 110 valence electrons. The molecule has 23 heavy (non-hydrogen) atoms. The summed E-state index contributed by atoms with van der Waals surface area (Å²) in [5.74, 6) is 0. The molecule has 1 N–H and O–H groups in total. The largest absolute Gasteiger partial charge is 0.355 e. The first-order valence-corrected chi connectivity index (χ1v) is 7.81. The average molecular weight is 295 g/mol. The van der Waals surface area contributed by atoms with E-state index in [1.807, 2.05) is 18.2 Å². The molecule has 0 aromatic heterocycles. The molecular weight excluding hydrogens is 278 g/mol. The fraction of sp³-hybridized carbons (Fsp3) is 0. The number of fused-ring (bicyclic) bond motifs is 1. The molecule has 0 saturated carbocycles. The van der Waals surface area contributed by atoms with Crippen LogP contribution in [0.3, 0.4) is 0 Å². The molecule has 0 radical (unpaired) electrons. The van der Waals surface area contributed by atoms with Gasteiger partial charge in [0.15, 0.2) is 0 Å². The lowest BCUT2D eigenvalue weighted by molar-refractivity contribution is 1.54. The second-order valence-electron chi connectivity index (χ2n) is 5.56. The van der Waals surface area contributed by atoms with Crippen LogP contribution in [0.25, 0.3) is 21.9 Å². The predicted octanol–water partition coefficient (Wildman–Crippen LogP) is 6.25. The Kier molecular flexibility index (Phi) is 3.53. The van der Waals surface area contributed by atoms with Crippen molar-refractivity contribution in [2.75, 3.05) is 5.32 Å². The standard InChI is InChI=1S/C22H17N/c1-2-11-18(12-3-1)23-22-16-7-6-14-21(22)20-15-8-10-17-9-4-5-13-19(17)20/h1-16,23H. The van der Waals surface area contributed by atoms with Crippen molar-refractivity contribution in [2.24, 2.45) is 0 Å². The van der Waals surface area contributed by atoms with Crippen molar-refractivity contribution in [3.05, 3.63) is 97.1 Å². The van der Waals surface area contributed by atoms with Gasteiger partial charge in [-0.15, -0.1) is 0 Å². The van der Waals surface area contributed by atoms with Gasteiger partial charge in [-0.1, -0.05) is 78.9 Å². The van der Waals surface area contributed by atoms with Gasteiger partial charge in [0.05, 0.1) is 0 Å². The molecule has 0 atom stereocenters. The van der Waals surface area contributed by atoms with Crippen LogP contribution >= 0.6 is 0 Å². The first kappa shape index (κ1) is 13.6. The van der Waals surface area contributed by atoms with Crippen molar-refractivity contribution in [2.45, 2.75) is 0 Å². The van der Waals surface area contributed by atoms with E-state index in [9.17, 15) is 0 Å². The van der Waals surface area contributed by atoms with E-state index in [-0.39, 0.29) is 0 Å². The molecule has 0 bridgehead atoms. The molecule has 1 heteroatoms. The summed E-state index contributed by atoms with van der Waals surface area (Å²) in [6.07, 6.45) is 0. The summed E-state index contributed by atoms with van der Waals surface area (Å²) in [6, 6.07) is 33.7. The highest BCUT2D eigenvalue weighted by Crippen LogP contribution is 2.34. The minimum Gasteiger partial charge on any atom is -0.355 e. The van der Waals surface area contributed by atoms with Gasteiger partial charge in [0.25, 0.3) is 0 Å². The lowest BCUT2D eigenvalue weighted by atomic mass is 9.97. The van der Waals surface area contributed by atoms with Crippen molar-refractivity contribution in [1.29, 1.82) is 0 Å². The molecule has 0 fully saturated rings. The summed E-state index contributed by atoms with van der Waals surface area (Å²) < 4.78 is 0. The van der Waals surface area contributed by atoms with E-state index < -0.39 is 0 Å². The van der Waals surface area contributed by atoms with Gasteiger partial charge in [0, 0.05) is 16.9 Å². The maximum absolute atomic E-state index is 3.54. The second-order valence-corrected chi connectivity index (χ2v) is 5.56. The third-order valence-electron chi connectivity index (χ3n) is 4.06. The van der Waals surface area contributed by atoms with Crippen LogP contribution in [0.1, 0.15) is 0 Å². The molecule has 4 aromatic carbocycles. The fourth-order valence-electron chi connectivity index (χ4n) is 2.96. The highest BCUT2D eigenvalue weighted by atomic mass is 14.9. The monoisotopic (exact) mass is 295 g/mol. The zero-order valence-corrected chi connectivity index (χ0v) is 12.7. The Morgan fingerprint density at radius 2 is 1.13 bits per heavy atom. The molecule has 1 nitrogen and oxygen atoms in total. The van der Waals surface area contributed by atoms with Crippen LogP contribution in [0.4, 0.5) is 11.4 Å². The quantitative estimate of drug-likeness (QED) is 0.471. The normalized spacial score (nSPS) is 10.6. The van der Waals surface area contributed by atoms with Crippen molar-refractivity contribution in [3.63, 3.8) is 0 Å². The van der Waals surface area contributed by atoms with Crippen LogP contribution in [-0.4, -0.2) is 0 Å². The topological polar surface area (TPSA) is 12.0 Å². The van der Waals surface area contributed by atoms with Crippen LogP contribution in [-0.2, 0) is 0 Å². The van der Waals surface area contributed by atoms with E-state index in [0.29, 0.717) is 0 Å². The summed E-state index contributed by atoms with van der Waals surface area (Å²) in [5.41, 5.74) is 4.69. The van der Waals surface area contributed by atoms with E-state index in [0.717, 1.165) is 11.4 Å². The van der Waals surface area contributed by atoms with Gasteiger partial charge >= 0.3 is 0 Å². The summed E-state index contributed by atoms with van der Waals surface area (Å²) >= 11 is 0. The van der Waals surface area contributed by atoms with Gasteiger partial charge in [-0.05, 0) is 34.5 Å². The smallest absolute Gasteiger partial charge is 0.0464 e. The minimum absolute atomic E-state index is 1.10. The minimum atomic E-state index is 1.10. The van der Waals surface area contributed by atoms with Crippen molar-refractivity contribution < 1.29 is 0 Å². The maximum Gasteiger partial charge on any atom is 0.0464 e. The maximum atomic E-state index is 3.54. The lowest BCUT2D eigenvalue weighted by Crippen LogP contribution is -1.93. The first-order valence-electron chi connectivity index (χ1n) is 7.81. The van der Waals surface area contributed by atoms with Crippen LogP contribution < -0.4 is 5.32 Å². The van der Waals surface area contributed by atoms with Crippen LogP contribution in [0.2, 0.25) is 0 Å². The molecule has 0 heterocycles. The molecule has 0 unspecified atom stereocenters. The summed E-state index contributed by atoms with van der Waals surface area (Å²) in [7, 11) is 0. The van der Waals surface area contributed by atoms with E-state index in [1.54, 1.807) is 0 Å². The molecule has 4 rings (SSSR count). The summed E-state index contributed by atoms with van der Waals surface area (Å²) in [6.45, 7) is 0. The molecule has 0 aliphatic rings. The summed E-state index contributed by atoms with van der Waals surface area (Å²) in [4.78, 5) is 0. The van der Waals surface area contributed by atoms with Gasteiger partial charge < -0.3 is 5.32 Å². The molecule has 0 aliphatic carbocycles. The highest BCUT2D eigenvalue weighted by Gasteiger charge is 2.08. The number of hydrogen-bond donors (Lipinski definition) is 1. The van der Waals surface area contributed by atoms with Gasteiger partial charge in [-0.25, -0.2) is 0 Å². The van der Waals surface area contributed by atoms with E-state index in [4.69, 9.17) is 0 Å². The number of para-hydroxylation sites is 2. The predicted molar refractivity (Wildman–Crippen MR) is 99.1 cm³/mol. The van der Waals surface area contributed by atoms with Crippen molar-refractivity contribution in [1.82, 2.24) is 0 Å². The van der Waals surface area contributed by atoms with E-state index in [1.165, 1.54) is 21.9 Å². The lowest BCUT2D eigenvalue weighted by Gasteiger charge is -2.14. The van der Waals surface area contributed by atoms with Crippen LogP contribution in [0.5, 0.6) is 0 Å². The molecule has 0 saturated heterocycles. The number of nitrogens with one attached hydrogen (secondary N) is 1. The number of hydrogen-bond acceptors (Lipinski definition) is 1. The van der Waals surface area contributed by atoms with Crippen LogP contribution in [0.15, 0.2) is 97.1 Å². The Balaban J connectivity index is 1.86. The van der Waals surface area contributed by atoms with Gasteiger partial charge in [-0.3, -0.25) is 0 Å². The Labute approximate surface area is 136 Å². The van der Waals surface area contributed by atoms with Gasteiger partial charge in [0.2, 0.25) is 0 Å². The van der Waals surface area contributed by atoms with Gasteiger partial charge in [-0.2, -0.15) is 0 Å². The average Bonchev–Trinajstić information content (AvgIpc) is 2.63. The third-order valence-corrected chi connectivity index (χ3v) is 4.06. The fourth-order valence-corrected chi connectivity index (χ4v) is 2.96.